The normalized spacial score (nSPS) is 19.9. The zero-order chi connectivity index (χ0) is 14.8. The molecule has 110 valence electrons. The Balaban J connectivity index is 2.12. The van der Waals surface area contributed by atoms with Gasteiger partial charge in [-0.25, -0.2) is 8.42 Å². The van der Waals surface area contributed by atoms with Gasteiger partial charge in [-0.05, 0) is 12.1 Å². The van der Waals surface area contributed by atoms with E-state index in [4.69, 9.17) is 5.73 Å². The molecule has 0 aromatic carbocycles. The standard InChI is InChI=1S/C12H17N3O3S2/c1-20(17,18)12-8-19-5-4-15(12)11(16)6-10-3-2-9(13)7-14-10/h2-3,7,12H,4-6,8,13H2,1H3. The summed E-state index contributed by atoms with van der Waals surface area (Å²) < 4.78 is 23.5. The van der Waals surface area contributed by atoms with Crippen LogP contribution in [0.4, 0.5) is 5.69 Å². The quantitative estimate of drug-likeness (QED) is 0.853. The van der Waals surface area contributed by atoms with Crippen LogP contribution in [-0.4, -0.2) is 53.9 Å². The summed E-state index contributed by atoms with van der Waals surface area (Å²) in [5.41, 5.74) is 6.66. The molecule has 6 nitrogen and oxygen atoms in total. The summed E-state index contributed by atoms with van der Waals surface area (Å²) in [5, 5.41) is -0.734. The molecule has 0 aliphatic carbocycles. The molecular formula is C12H17N3O3S2. The molecule has 20 heavy (non-hydrogen) atoms. The van der Waals surface area contributed by atoms with E-state index in [0.29, 0.717) is 23.7 Å². The van der Waals surface area contributed by atoms with Crippen molar-refractivity contribution in [2.75, 3.05) is 30.0 Å². The average molecular weight is 315 g/mol. The Morgan fingerprint density at radius 3 is 2.90 bits per heavy atom. The van der Waals surface area contributed by atoms with Crippen LogP contribution in [0.2, 0.25) is 0 Å². The smallest absolute Gasteiger partial charge is 0.229 e. The molecule has 1 unspecified atom stereocenters. The molecule has 1 aromatic heterocycles. The Hall–Kier alpha value is -1.28. The van der Waals surface area contributed by atoms with Gasteiger partial charge in [0.1, 0.15) is 5.37 Å². The van der Waals surface area contributed by atoms with Crippen molar-refractivity contribution < 1.29 is 13.2 Å². The molecule has 0 radical (unpaired) electrons. The molecule has 8 heteroatoms. The number of nitrogens with zero attached hydrogens (tertiary/aromatic N) is 2. The lowest BCUT2D eigenvalue weighted by molar-refractivity contribution is -0.130. The van der Waals surface area contributed by atoms with Gasteiger partial charge >= 0.3 is 0 Å². The number of aromatic nitrogens is 1. The van der Waals surface area contributed by atoms with Crippen molar-refractivity contribution in [3.8, 4) is 0 Å². The van der Waals surface area contributed by atoms with Crippen molar-refractivity contribution >= 4 is 33.2 Å². The maximum atomic E-state index is 12.3. The minimum absolute atomic E-state index is 0.0942. The summed E-state index contributed by atoms with van der Waals surface area (Å²) in [4.78, 5) is 17.8. The Morgan fingerprint density at radius 1 is 1.55 bits per heavy atom. The van der Waals surface area contributed by atoms with E-state index in [1.165, 1.54) is 17.4 Å². The number of amides is 1. The highest BCUT2D eigenvalue weighted by atomic mass is 32.2. The minimum atomic E-state index is -3.28. The highest BCUT2D eigenvalue weighted by molar-refractivity contribution is 8.00. The fourth-order valence-corrected chi connectivity index (χ4v) is 4.85. The van der Waals surface area contributed by atoms with E-state index >= 15 is 0 Å². The van der Waals surface area contributed by atoms with E-state index < -0.39 is 15.2 Å². The number of sulfone groups is 1. The van der Waals surface area contributed by atoms with Crippen LogP contribution in [0.5, 0.6) is 0 Å². The topological polar surface area (TPSA) is 93.4 Å². The minimum Gasteiger partial charge on any atom is -0.397 e. The summed E-state index contributed by atoms with van der Waals surface area (Å²) in [5.74, 6) is 0.977. The molecular weight excluding hydrogens is 298 g/mol. The van der Waals surface area contributed by atoms with Crippen LogP contribution in [0.15, 0.2) is 18.3 Å². The first-order valence-electron chi connectivity index (χ1n) is 6.14. The molecule has 1 atom stereocenters. The zero-order valence-electron chi connectivity index (χ0n) is 11.2. The van der Waals surface area contributed by atoms with Crippen molar-refractivity contribution in [1.82, 2.24) is 9.88 Å². The van der Waals surface area contributed by atoms with E-state index in [-0.39, 0.29) is 12.3 Å². The average Bonchev–Trinajstić information content (AvgIpc) is 2.40. The van der Waals surface area contributed by atoms with Crippen LogP contribution >= 0.6 is 11.8 Å². The molecule has 0 spiro atoms. The van der Waals surface area contributed by atoms with Crippen molar-refractivity contribution in [3.05, 3.63) is 24.0 Å². The third kappa shape index (κ3) is 3.63. The number of hydrogen-bond donors (Lipinski definition) is 1. The number of nitrogens with two attached hydrogens (primary N) is 1. The largest absolute Gasteiger partial charge is 0.397 e. The first-order valence-corrected chi connectivity index (χ1v) is 9.25. The van der Waals surface area contributed by atoms with Crippen molar-refractivity contribution in [2.24, 2.45) is 0 Å². The second-order valence-electron chi connectivity index (χ2n) is 4.71. The van der Waals surface area contributed by atoms with Gasteiger partial charge in [-0.2, -0.15) is 11.8 Å². The number of thioether (sulfide) groups is 1. The third-order valence-electron chi connectivity index (χ3n) is 3.08. The van der Waals surface area contributed by atoms with E-state index in [9.17, 15) is 13.2 Å². The molecule has 2 N–H and O–H groups in total. The van der Waals surface area contributed by atoms with Crippen molar-refractivity contribution in [1.29, 1.82) is 0 Å². The molecule has 1 aliphatic rings. The van der Waals surface area contributed by atoms with Crippen LogP contribution in [-0.2, 0) is 21.1 Å². The van der Waals surface area contributed by atoms with Gasteiger partial charge < -0.3 is 10.6 Å². The van der Waals surface area contributed by atoms with Crippen LogP contribution in [0.1, 0.15) is 5.69 Å². The van der Waals surface area contributed by atoms with Gasteiger partial charge in [0.05, 0.1) is 18.3 Å². The Kier molecular flexibility index (Phi) is 4.54. The first-order chi connectivity index (χ1) is 9.38. The molecule has 0 saturated carbocycles. The van der Waals surface area contributed by atoms with Crippen molar-refractivity contribution in [2.45, 2.75) is 11.8 Å². The Bertz CT molecular complexity index is 586. The van der Waals surface area contributed by atoms with Gasteiger partial charge in [0.15, 0.2) is 9.84 Å². The van der Waals surface area contributed by atoms with Gasteiger partial charge in [0, 0.05) is 30.0 Å². The lowest BCUT2D eigenvalue weighted by atomic mass is 10.2. The molecule has 2 heterocycles. The molecule has 1 amide bonds. The van der Waals surface area contributed by atoms with Crippen LogP contribution in [0, 0.1) is 0 Å². The highest BCUT2D eigenvalue weighted by Gasteiger charge is 2.34. The van der Waals surface area contributed by atoms with Crippen LogP contribution < -0.4 is 5.73 Å². The van der Waals surface area contributed by atoms with Crippen molar-refractivity contribution in [3.63, 3.8) is 0 Å². The maximum Gasteiger partial charge on any atom is 0.229 e. The van der Waals surface area contributed by atoms with Gasteiger partial charge in [-0.3, -0.25) is 9.78 Å². The number of anilines is 1. The number of carbonyl (C=O) groups excluding carboxylic acids is 1. The fraction of sp³-hybridized carbons (Fsp3) is 0.500. The SMILES string of the molecule is CS(=O)(=O)C1CSCCN1C(=O)Cc1ccc(N)cn1. The number of rotatable bonds is 3. The number of hydrogen-bond acceptors (Lipinski definition) is 6. The Morgan fingerprint density at radius 2 is 2.30 bits per heavy atom. The highest BCUT2D eigenvalue weighted by Crippen LogP contribution is 2.21. The summed E-state index contributed by atoms with van der Waals surface area (Å²) in [6.45, 7) is 0.455. The fourth-order valence-electron chi connectivity index (χ4n) is 2.02. The lowest BCUT2D eigenvalue weighted by Crippen LogP contribution is -2.50. The molecule has 2 rings (SSSR count). The molecule has 1 aliphatic heterocycles. The van der Waals surface area contributed by atoms with Crippen LogP contribution in [0.25, 0.3) is 0 Å². The zero-order valence-corrected chi connectivity index (χ0v) is 12.8. The molecule has 1 fully saturated rings. The molecule has 1 aromatic rings. The second kappa shape index (κ2) is 6.01. The van der Waals surface area contributed by atoms with E-state index in [0.717, 1.165) is 5.75 Å². The molecule has 0 bridgehead atoms. The first kappa shape index (κ1) is 15.1. The summed E-state index contributed by atoms with van der Waals surface area (Å²) in [6, 6.07) is 3.36. The predicted octanol–water partition coefficient (Wildman–Crippen LogP) is 0.152. The van der Waals surface area contributed by atoms with Gasteiger partial charge in [0.25, 0.3) is 0 Å². The van der Waals surface area contributed by atoms with Gasteiger partial charge in [-0.1, -0.05) is 0 Å². The third-order valence-corrected chi connectivity index (χ3v) is 5.72. The van der Waals surface area contributed by atoms with E-state index in [2.05, 4.69) is 4.98 Å². The maximum absolute atomic E-state index is 12.3. The Labute approximate surface area is 122 Å². The number of nitrogen functional groups attached to an aromatic ring is 1. The summed E-state index contributed by atoms with van der Waals surface area (Å²) in [6.07, 6.45) is 2.75. The summed E-state index contributed by atoms with van der Waals surface area (Å²) in [7, 11) is -3.28. The molecule has 1 saturated heterocycles. The predicted molar refractivity (Wildman–Crippen MR) is 80.0 cm³/mol. The summed E-state index contributed by atoms with van der Waals surface area (Å²) >= 11 is 1.55. The van der Waals surface area contributed by atoms with E-state index in [1.807, 2.05) is 0 Å². The second-order valence-corrected chi connectivity index (χ2v) is 8.06. The lowest BCUT2D eigenvalue weighted by Gasteiger charge is -2.34. The monoisotopic (exact) mass is 315 g/mol. The number of pyridine rings is 1. The van der Waals surface area contributed by atoms with Gasteiger partial charge in [0.2, 0.25) is 5.91 Å². The van der Waals surface area contributed by atoms with Gasteiger partial charge in [-0.15, -0.1) is 0 Å². The van der Waals surface area contributed by atoms with E-state index in [1.54, 1.807) is 23.9 Å². The van der Waals surface area contributed by atoms with Crippen LogP contribution in [0.3, 0.4) is 0 Å². The number of carbonyl (C=O) groups is 1.